The Morgan fingerprint density at radius 1 is 1.30 bits per heavy atom. The number of primary amides is 1. The summed E-state index contributed by atoms with van der Waals surface area (Å²) in [5, 5.41) is 7.23. The quantitative estimate of drug-likeness (QED) is 0.846. The van der Waals surface area contributed by atoms with Crippen LogP contribution in [0.15, 0.2) is 24.3 Å². The Hall–Kier alpha value is -2.51. The Balaban J connectivity index is 2.15. The molecule has 0 bridgehead atoms. The van der Waals surface area contributed by atoms with Crippen molar-refractivity contribution in [3.63, 3.8) is 0 Å². The number of rotatable bonds is 1. The maximum Gasteiger partial charge on any atom is 0.416 e. The highest BCUT2D eigenvalue weighted by Crippen LogP contribution is 2.35. The predicted octanol–water partition coefficient (Wildman–Crippen LogP) is 3.24. The number of carbonyl (C=O) groups is 1. The van der Waals surface area contributed by atoms with Crippen molar-refractivity contribution in [3.05, 3.63) is 35.4 Å². The first kappa shape index (κ1) is 15.4. The van der Waals surface area contributed by atoms with Crippen molar-refractivity contribution < 1.29 is 18.0 Å². The summed E-state index contributed by atoms with van der Waals surface area (Å²) in [6.45, 7) is 0.661. The number of carbonyl (C=O) groups excluding carboxylic acids is 1. The molecule has 0 aliphatic carbocycles. The second-order valence-corrected chi connectivity index (χ2v) is 5.39. The van der Waals surface area contributed by atoms with E-state index in [0.29, 0.717) is 30.0 Å². The van der Waals surface area contributed by atoms with Crippen molar-refractivity contribution in [1.82, 2.24) is 9.78 Å². The lowest BCUT2D eigenvalue weighted by Gasteiger charge is -2.08. The van der Waals surface area contributed by atoms with Gasteiger partial charge in [-0.05, 0) is 31.4 Å². The molecule has 3 N–H and O–H groups in total. The van der Waals surface area contributed by atoms with Gasteiger partial charge < -0.3 is 11.1 Å². The minimum absolute atomic E-state index is 0.319. The van der Waals surface area contributed by atoms with E-state index < -0.39 is 17.8 Å². The van der Waals surface area contributed by atoms with Gasteiger partial charge in [-0.15, -0.1) is 0 Å². The summed E-state index contributed by atoms with van der Waals surface area (Å²) in [5.74, 6) is 0.474. The SMILES string of the molecule is NC(=O)n1nc(-c2cccc(C(F)(F)F)c2)c2c1NCCCC2. The fourth-order valence-corrected chi connectivity index (χ4v) is 2.74. The van der Waals surface area contributed by atoms with E-state index in [1.54, 1.807) is 6.07 Å². The Morgan fingerprint density at radius 2 is 2.09 bits per heavy atom. The molecule has 1 amide bonds. The van der Waals surface area contributed by atoms with Gasteiger partial charge in [0.15, 0.2) is 0 Å². The molecule has 0 unspecified atom stereocenters. The largest absolute Gasteiger partial charge is 0.416 e. The van der Waals surface area contributed by atoms with Crippen LogP contribution in [0.3, 0.4) is 0 Å². The van der Waals surface area contributed by atoms with Gasteiger partial charge in [0.25, 0.3) is 0 Å². The number of aromatic nitrogens is 2. The van der Waals surface area contributed by atoms with Crippen LogP contribution in [-0.2, 0) is 12.6 Å². The van der Waals surface area contributed by atoms with Crippen LogP contribution in [0.4, 0.5) is 23.8 Å². The molecule has 0 spiro atoms. The van der Waals surface area contributed by atoms with Gasteiger partial charge in [0.1, 0.15) is 5.82 Å². The summed E-state index contributed by atoms with van der Waals surface area (Å²) >= 11 is 0. The molecule has 23 heavy (non-hydrogen) atoms. The van der Waals surface area contributed by atoms with Gasteiger partial charge in [-0.3, -0.25) is 0 Å². The Bertz CT molecular complexity index is 752. The van der Waals surface area contributed by atoms with E-state index >= 15 is 0 Å². The predicted molar refractivity (Wildman–Crippen MR) is 79.1 cm³/mol. The number of hydrogen-bond donors (Lipinski definition) is 2. The number of anilines is 1. The lowest BCUT2D eigenvalue weighted by molar-refractivity contribution is -0.137. The topological polar surface area (TPSA) is 72.9 Å². The summed E-state index contributed by atoms with van der Waals surface area (Å²) in [5.41, 5.74) is 5.97. The van der Waals surface area contributed by atoms with Crippen LogP contribution in [0, 0.1) is 0 Å². The molecular weight excluding hydrogens is 309 g/mol. The monoisotopic (exact) mass is 324 g/mol. The molecule has 2 aromatic rings. The summed E-state index contributed by atoms with van der Waals surface area (Å²) in [4.78, 5) is 11.6. The molecule has 3 rings (SSSR count). The van der Waals surface area contributed by atoms with Crippen LogP contribution in [0.25, 0.3) is 11.3 Å². The molecule has 0 saturated heterocycles. The Kier molecular flexibility index (Phi) is 3.75. The molecule has 0 saturated carbocycles. The van der Waals surface area contributed by atoms with E-state index in [2.05, 4.69) is 10.4 Å². The average Bonchev–Trinajstić information content (AvgIpc) is 2.69. The smallest absolute Gasteiger partial charge is 0.370 e. The average molecular weight is 324 g/mol. The first-order chi connectivity index (χ1) is 10.9. The van der Waals surface area contributed by atoms with Crippen molar-refractivity contribution in [2.24, 2.45) is 5.73 Å². The second kappa shape index (κ2) is 5.60. The van der Waals surface area contributed by atoms with Crippen LogP contribution in [-0.4, -0.2) is 22.4 Å². The van der Waals surface area contributed by atoms with Crippen molar-refractivity contribution in [1.29, 1.82) is 0 Å². The van der Waals surface area contributed by atoms with Gasteiger partial charge in [-0.25, -0.2) is 4.79 Å². The zero-order valence-corrected chi connectivity index (χ0v) is 12.2. The maximum absolute atomic E-state index is 12.9. The first-order valence-corrected chi connectivity index (χ1v) is 7.21. The molecule has 122 valence electrons. The molecule has 0 fully saturated rings. The number of nitrogens with zero attached hydrogens (tertiary/aromatic N) is 2. The highest BCUT2D eigenvalue weighted by atomic mass is 19.4. The van der Waals surface area contributed by atoms with E-state index in [1.165, 1.54) is 6.07 Å². The lowest BCUT2D eigenvalue weighted by Crippen LogP contribution is -2.23. The Morgan fingerprint density at radius 3 is 2.78 bits per heavy atom. The van der Waals surface area contributed by atoms with Crippen LogP contribution >= 0.6 is 0 Å². The first-order valence-electron chi connectivity index (χ1n) is 7.21. The van der Waals surface area contributed by atoms with Crippen molar-refractivity contribution >= 4 is 11.8 Å². The molecular formula is C15H15F3N4O. The van der Waals surface area contributed by atoms with Gasteiger partial charge >= 0.3 is 12.2 Å². The third-order valence-electron chi connectivity index (χ3n) is 3.80. The van der Waals surface area contributed by atoms with Crippen LogP contribution in [0.5, 0.6) is 0 Å². The van der Waals surface area contributed by atoms with E-state index in [4.69, 9.17) is 5.73 Å². The maximum atomic E-state index is 12.9. The number of nitrogens with two attached hydrogens (primary N) is 1. The molecule has 1 aliphatic heterocycles. The van der Waals surface area contributed by atoms with E-state index in [-0.39, 0.29) is 0 Å². The van der Waals surface area contributed by atoms with E-state index in [9.17, 15) is 18.0 Å². The van der Waals surface area contributed by atoms with Gasteiger partial charge in [0, 0.05) is 17.7 Å². The standard InChI is InChI=1S/C15H15F3N4O/c16-15(17,18)10-5-3-4-9(8-10)12-11-6-1-2-7-20-13(11)22(21-12)14(19)23/h3-5,8,20H,1-2,6-7H2,(H2,19,23). The number of amides is 1. The van der Waals surface area contributed by atoms with Crippen LogP contribution in [0.1, 0.15) is 24.0 Å². The van der Waals surface area contributed by atoms with Crippen molar-refractivity contribution in [3.8, 4) is 11.3 Å². The van der Waals surface area contributed by atoms with Crippen LogP contribution < -0.4 is 11.1 Å². The highest BCUT2D eigenvalue weighted by Gasteiger charge is 2.31. The molecule has 5 nitrogen and oxygen atoms in total. The molecule has 0 atom stereocenters. The van der Waals surface area contributed by atoms with Gasteiger partial charge in [-0.2, -0.15) is 23.0 Å². The second-order valence-electron chi connectivity index (χ2n) is 5.39. The third-order valence-corrected chi connectivity index (χ3v) is 3.80. The van der Waals surface area contributed by atoms with Gasteiger partial charge in [-0.1, -0.05) is 12.1 Å². The van der Waals surface area contributed by atoms with Gasteiger partial charge in [0.05, 0.1) is 11.3 Å². The third kappa shape index (κ3) is 2.88. The highest BCUT2D eigenvalue weighted by molar-refractivity contribution is 5.82. The van der Waals surface area contributed by atoms with E-state index in [1.807, 2.05) is 0 Å². The molecule has 1 aromatic heterocycles. The molecule has 2 heterocycles. The zero-order valence-electron chi connectivity index (χ0n) is 12.2. The molecule has 1 aromatic carbocycles. The zero-order chi connectivity index (χ0) is 16.6. The van der Waals surface area contributed by atoms with Crippen LogP contribution in [0.2, 0.25) is 0 Å². The van der Waals surface area contributed by atoms with E-state index in [0.717, 1.165) is 35.2 Å². The number of hydrogen-bond acceptors (Lipinski definition) is 3. The Labute approximate surface area is 130 Å². The minimum Gasteiger partial charge on any atom is -0.370 e. The summed E-state index contributed by atoms with van der Waals surface area (Å²) < 4.78 is 39.8. The fraction of sp³-hybridized carbons (Fsp3) is 0.333. The number of alkyl halides is 3. The van der Waals surface area contributed by atoms with Crippen molar-refractivity contribution in [2.45, 2.75) is 25.4 Å². The van der Waals surface area contributed by atoms with Gasteiger partial charge in [0.2, 0.25) is 0 Å². The number of benzene rings is 1. The molecule has 8 heteroatoms. The summed E-state index contributed by atoms with van der Waals surface area (Å²) in [6.07, 6.45) is -2.05. The fourth-order valence-electron chi connectivity index (χ4n) is 2.74. The molecule has 0 radical (unpaired) electrons. The number of nitrogens with one attached hydrogen (secondary N) is 1. The molecule has 1 aliphatic rings. The lowest BCUT2D eigenvalue weighted by atomic mass is 10.0. The number of halogens is 3. The summed E-state index contributed by atoms with van der Waals surface area (Å²) in [6, 6.07) is 4.16. The normalized spacial score (nSPS) is 14.7. The van der Waals surface area contributed by atoms with Crippen molar-refractivity contribution in [2.75, 3.05) is 11.9 Å². The minimum atomic E-state index is -4.43. The summed E-state index contributed by atoms with van der Waals surface area (Å²) in [7, 11) is 0. The number of fused-ring (bicyclic) bond motifs is 1.